The van der Waals surface area contributed by atoms with Gasteiger partial charge in [0, 0.05) is 18.7 Å². The smallest absolute Gasteiger partial charge is 0.407 e. The number of aliphatic hydroxyl groups excluding tert-OH is 1. The van der Waals surface area contributed by atoms with Gasteiger partial charge in [-0.1, -0.05) is 11.1 Å². The molecule has 2 N–H and O–H groups in total. The third-order valence-corrected chi connectivity index (χ3v) is 2.93. The van der Waals surface area contributed by atoms with Crippen molar-refractivity contribution in [3.05, 3.63) is 0 Å². The fraction of sp³-hybridized carbons (Fsp3) is 0.875. The van der Waals surface area contributed by atoms with E-state index in [1.54, 1.807) is 0 Å². The molecule has 1 rings (SSSR count). The second kappa shape index (κ2) is 6.14. The molecule has 2 unspecified atom stereocenters. The molecule has 1 saturated heterocycles. The molecule has 1 heterocycles. The van der Waals surface area contributed by atoms with E-state index in [9.17, 15) is 18.7 Å². The van der Waals surface area contributed by atoms with E-state index in [4.69, 9.17) is 9.84 Å². The lowest BCUT2D eigenvalue weighted by atomic mass is 10.1. The molecule has 7 nitrogen and oxygen atoms in total. The lowest BCUT2D eigenvalue weighted by Gasteiger charge is -2.32. The van der Waals surface area contributed by atoms with Crippen LogP contribution in [0.5, 0.6) is 0 Å². The van der Waals surface area contributed by atoms with Gasteiger partial charge in [-0.25, -0.2) is 4.79 Å². The van der Waals surface area contributed by atoms with Gasteiger partial charge in [0.1, 0.15) is 0 Å². The number of rotatable bonds is 4. The molecule has 1 aliphatic rings. The van der Waals surface area contributed by atoms with Gasteiger partial charge in [0.25, 0.3) is 0 Å². The third kappa shape index (κ3) is 4.44. The molecule has 1 fully saturated rings. The van der Waals surface area contributed by atoms with Crippen LogP contribution in [0.2, 0.25) is 0 Å². The fourth-order valence-electron chi connectivity index (χ4n) is 1.56. The lowest BCUT2D eigenvalue weighted by Crippen LogP contribution is -2.46. The maximum atomic E-state index is 10.7. The van der Waals surface area contributed by atoms with E-state index >= 15 is 0 Å². The molecular formula is C8H14NO6S-. The Kier molecular flexibility index (Phi) is 5.13. The molecule has 1 aliphatic heterocycles. The maximum Gasteiger partial charge on any atom is 0.407 e. The highest BCUT2D eigenvalue weighted by Gasteiger charge is 2.25. The molecule has 0 aromatic carbocycles. The Morgan fingerprint density at radius 1 is 1.69 bits per heavy atom. The molecule has 16 heavy (non-hydrogen) atoms. The number of carbonyl (C=O) groups is 1. The van der Waals surface area contributed by atoms with E-state index in [0.717, 1.165) is 0 Å². The van der Waals surface area contributed by atoms with Crippen molar-refractivity contribution >= 4 is 17.2 Å². The Bertz CT molecular complexity index is 273. The number of aliphatic hydroxyl groups is 1. The number of nitrogens with zero attached hydrogens (tertiary/aromatic N) is 1. The number of morpholine rings is 1. The Morgan fingerprint density at radius 2 is 2.38 bits per heavy atom. The zero-order valence-electron chi connectivity index (χ0n) is 8.57. The molecule has 0 aromatic heterocycles. The average molecular weight is 252 g/mol. The van der Waals surface area contributed by atoms with Crippen LogP contribution in [-0.2, 0) is 15.8 Å². The van der Waals surface area contributed by atoms with Crippen molar-refractivity contribution in [2.45, 2.75) is 18.6 Å². The van der Waals surface area contributed by atoms with Gasteiger partial charge in [0.2, 0.25) is 0 Å². The topological polar surface area (TPSA) is 110 Å². The first-order chi connectivity index (χ1) is 7.49. The molecule has 0 bridgehead atoms. The fourth-order valence-corrected chi connectivity index (χ4v) is 2.01. The van der Waals surface area contributed by atoms with Gasteiger partial charge in [-0.3, -0.25) is 4.21 Å². The first-order valence-electron chi connectivity index (χ1n) is 4.82. The lowest BCUT2D eigenvalue weighted by molar-refractivity contribution is -0.0407. The maximum absolute atomic E-state index is 10.7. The zero-order valence-corrected chi connectivity index (χ0v) is 9.39. The normalized spacial score (nSPS) is 25.1. The van der Waals surface area contributed by atoms with E-state index in [-0.39, 0.29) is 25.3 Å². The summed E-state index contributed by atoms with van der Waals surface area (Å²) in [5, 5.41) is 18.1. The largest absolute Gasteiger partial charge is 0.772 e. The summed E-state index contributed by atoms with van der Waals surface area (Å²) >= 11 is -2.30. The molecule has 0 spiro atoms. The van der Waals surface area contributed by atoms with Crippen molar-refractivity contribution in [3.63, 3.8) is 0 Å². The van der Waals surface area contributed by atoms with Gasteiger partial charge in [0.15, 0.2) is 0 Å². The average Bonchev–Trinajstić information content (AvgIpc) is 2.16. The van der Waals surface area contributed by atoms with Crippen molar-refractivity contribution in [1.29, 1.82) is 0 Å². The van der Waals surface area contributed by atoms with Gasteiger partial charge in [-0.2, -0.15) is 0 Å². The number of ether oxygens (including phenoxy) is 1. The molecule has 8 heteroatoms. The predicted molar refractivity (Wildman–Crippen MR) is 53.7 cm³/mol. The molecule has 1 amide bonds. The van der Waals surface area contributed by atoms with Crippen LogP contribution in [0, 0.1) is 0 Å². The van der Waals surface area contributed by atoms with Crippen LogP contribution in [0.1, 0.15) is 6.42 Å². The first-order valence-corrected chi connectivity index (χ1v) is 6.07. The SMILES string of the molecule is O=C(O)N1CCO[C@@H](CC(O)CS(=O)[O-])C1. The number of carboxylic acid groups (broad SMARTS) is 1. The highest BCUT2D eigenvalue weighted by atomic mass is 32.2. The minimum atomic E-state index is -2.30. The van der Waals surface area contributed by atoms with E-state index in [1.807, 2.05) is 0 Å². The number of hydrogen-bond acceptors (Lipinski definition) is 5. The van der Waals surface area contributed by atoms with E-state index in [1.165, 1.54) is 4.90 Å². The molecule has 0 radical (unpaired) electrons. The summed E-state index contributed by atoms with van der Waals surface area (Å²) in [5.74, 6) is -0.354. The molecule has 0 saturated carbocycles. The second-order valence-corrected chi connectivity index (χ2v) is 4.52. The molecule has 0 aliphatic carbocycles. The summed E-state index contributed by atoms with van der Waals surface area (Å²) < 4.78 is 25.9. The van der Waals surface area contributed by atoms with Crippen molar-refractivity contribution in [1.82, 2.24) is 4.90 Å². The first kappa shape index (κ1) is 13.4. The minimum absolute atomic E-state index is 0.123. The van der Waals surface area contributed by atoms with Crippen LogP contribution >= 0.6 is 0 Å². The van der Waals surface area contributed by atoms with Crippen molar-refractivity contribution in [2.75, 3.05) is 25.4 Å². The van der Waals surface area contributed by atoms with Gasteiger partial charge in [-0.05, 0) is 0 Å². The van der Waals surface area contributed by atoms with Crippen LogP contribution in [-0.4, -0.2) is 67.6 Å². The van der Waals surface area contributed by atoms with Crippen molar-refractivity contribution in [3.8, 4) is 0 Å². The number of amides is 1. The van der Waals surface area contributed by atoms with Crippen LogP contribution < -0.4 is 0 Å². The van der Waals surface area contributed by atoms with Crippen LogP contribution in [0.3, 0.4) is 0 Å². The van der Waals surface area contributed by atoms with Gasteiger partial charge in [0.05, 0.1) is 25.4 Å². The Hall–Kier alpha value is -0.700. The molecular weight excluding hydrogens is 238 g/mol. The quantitative estimate of drug-likeness (QED) is 0.621. The minimum Gasteiger partial charge on any atom is -0.772 e. The van der Waals surface area contributed by atoms with Crippen molar-refractivity contribution in [2.24, 2.45) is 0 Å². The van der Waals surface area contributed by atoms with Crippen LogP contribution in [0.25, 0.3) is 0 Å². The third-order valence-electron chi connectivity index (χ3n) is 2.27. The molecule has 0 aromatic rings. The van der Waals surface area contributed by atoms with Crippen LogP contribution in [0.4, 0.5) is 4.79 Å². The summed E-state index contributed by atoms with van der Waals surface area (Å²) in [5.41, 5.74) is 0. The van der Waals surface area contributed by atoms with Crippen LogP contribution in [0.15, 0.2) is 0 Å². The van der Waals surface area contributed by atoms with E-state index in [0.29, 0.717) is 6.54 Å². The monoisotopic (exact) mass is 252 g/mol. The van der Waals surface area contributed by atoms with Crippen molar-refractivity contribution < 1.29 is 28.5 Å². The Morgan fingerprint density at radius 3 is 2.94 bits per heavy atom. The predicted octanol–water partition coefficient (Wildman–Crippen LogP) is -1.00. The summed E-state index contributed by atoms with van der Waals surface area (Å²) in [4.78, 5) is 11.9. The highest BCUT2D eigenvalue weighted by Crippen LogP contribution is 2.11. The van der Waals surface area contributed by atoms with E-state index in [2.05, 4.69) is 0 Å². The standard InChI is InChI=1S/C8H15NO6S/c10-6(5-16(13)14)3-7-4-9(8(11)12)1-2-15-7/h6-7,10H,1-5H2,(H,11,12)(H,13,14)/p-1/t6?,7-/m0/s1. The summed E-state index contributed by atoms with van der Waals surface area (Å²) in [6.45, 7) is 0.734. The zero-order chi connectivity index (χ0) is 12.1. The summed E-state index contributed by atoms with van der Waals surface area (Å²) in [6.07, 6.45) is -2.37. The van der Waals surface area contributed by atoms with Gasteiger partial charge >= 0.3 is 6.09 Å². The molecule has 94 valence electrons. The Labute approximate surface area is 95.3 Å². The highest BCUT2D eigenvalue weighted by molar-refractivity contribution is 7.79. The number of hydrogen-bond donors (Lipinski definition) is 2. The Balaban J connectivity index is 2.36. The van der Waals surface area contributed by atoms with E-state index < -0.39 is 29.4 Å². The second-order valence-electron chi connectivity index (χ2n) is 3.58. The summed E-state index contributed by atoms with van der Waals surface area (Å²) in [7, 11) is 0. The molecule has 3 atom stereocenters. The van der Waals surface area contributed by atoms with Gasteiger partial charge < -0.3 is 24.4 Å². The van der Waals surface area contributed by atoms with Gasteiger partial charge in [-0.15, -0.1) is 0 Å². The summed E-state index contributed by atoms with van der Waals surface area (Å²) in [6, 6.07) is 0.